The summed E-state index contributed by atoms with van der Waals surface area (Å²) in [5.74, 6) is 1.52. The monoisotopic (exact) mass is 492 g/mol. The molecule has 5 nitrogen and oxygen atoms in total. The van der Waals surface area contributed by atoms with Gasteiger partial charge in [-0.15, -0.1) is 24.0 Å². The van der Waals surface area contributed by atoms with E-state index in [0.29, 0.717) is 18.0 Å². The summed E-state index contributed by atoms with van der Waals surface area (Å²) in [6.07, 6.45) is 2.30. The fraction of sp³-hybridized carbons (Fsp3) is 0.364. The Bertz CT molecular complexity index is 794. The van der Waals surface area contributed by atoms with Crippen LogP contribution >= 0.6 is 24.0 Å². The third kappa shape index (κ3) is 5.95. The van der Waals surface area contributed by atoms with Gasteiger partial charge in [0, 0.05) is 39.3 Å². The van der Waals surface area contributed by atoms with Crippen LogP contribution < -0.4 is 10.6 Å². The molecule has 1 heterocycles. The zero-order valence-corrected chi connectivity index (χ0v) is 18.9. The van der Waals surface area contributed by atoms with E-state index in [2.05, 4.69) is 50.9 Å². The number of carbonyl (C=O) groups excluding carboxylic acids is 1. The minimum atomic E-state index is -0.0653. The van der Waals surface area contributed by atoms with Crippen molar-refractivity contribution in [2.45, 2.75) is 19.4 Å². The van der Waals surface area contributed by atoms with Gasteiger partial charge in [0.15, 0.2) is 5.96 Å². The highest BCUT2D eigenvalue weighted by Gasteiger charge is 2.24. The molecular weight excluding hydrogens is 463 g/mol. The lowest BCUT2D eigenvalue weighted by Gasteiger charge is -2.22. The van der Waals surface area contributed by atoms with Crippen molar-refractivity contribution in [3.8, 4) is 0 Å². The molecule has 1 fully saturated rings. The Morgan fingerprint density at radius 1 is 1.14 bits per heavy atom. The van der Waals surface area contributed by atoms with Crippen molar-refractivity contribution in [2.75, 3.05) is 27.2 Å². The van der Waals surface area contributed by atoms with Crippen LogP contribution in [-0.4, -0.2) is 44.0 Å². The van der Waals surface area contributed by atoms with Gasteiger partial charge >= 0.3 is 0 Å². The summed E-state index contributed by atoms with van der Waals surface area (Å²) >= 11 is 0. The highest BCUT2D eigenvalue weighted by Crippen LogP contribution is 2.21. The van der Waals surface area contributed by atoms with Crippen LogP contribution in [0.3, 0.4) is 0 Å². The van der Waals surface area contributed by atoms with E-state index in [1.54, 1.807) is 7.05 Å². The second-order valence-electron chi connectivity index (χ2n) is 6.97. The molecule has 0 radical (unpaired) electrons. The predicted octanol–water partition coefficient (Wildman–Crippen LogP) is 3.30. The first-order valence-corrected chi connectivity index (χ1v) is 9.50. The highest BCUT2D eigenvalue weighted by atomic mass is 127. The summed E-state index contributed by atoms with van der Waals surface area (Å²) in [6.45, 7) is 2.69. The van der Waals surface area contributed by atoms with Crippen molar-refractivity contribution in [3.05, 3.63) is 71.3 Å². The lowest BCUT2D eigenvalue weighted by molar-refractivity contribution is 0.0963. The zero-order valence-electron chi connectivity index (χ0n) is 16.5. The number of amides is 1. The van der Waals surface area contributed by atoms with Gasteiger partial charge in [-0.1, -0.05) is 42.5 Å². The molecule has 1 saturated heterocycles. The molecular formula is C22H29IN4O. The molecule has 28 heavy (non-hydrogen) atoms. The molecule has 150 valence electrons. The highest BCUT2D eigenvalue weighted by molar-refractivity contribution is 14.0. The smallest absolute Gasteiger partial charge is 0.251 e. The van der Waals surface area contributed by atoms with E-state index in [9.17, 15) is 4.79 Å². The maximum absolute atomic E-state index is 11.8. The van der Waals surface area contributed by atoms with Crippen LogP contribution in [0.5, 0.6) is 0 Å². The molecule has 1 aliphatic heterocycles. The summed E-state index contributed by atoms with van der Waals surface area (Å²) in [5.41, 5.74) is 3.14. The quantitative estimate of drug-likeness (QED) is 0.383. The van der Waals surface area contributed by atoms with Crippen molar-refractivity contribution >= 4 is 35.8 Å². The van der Waals surface area contributed by atoms with Crippen LogP contribution in [0.15, 0.2) is 59.6 Å². The topological polar surface area (TPSA) is 56.7 Å². The summed E-state index contributed by atoms with van der Waals surface area (Å²) in [6, 6.07) is 18.4. The second-order valence-corrected chi connectivity index (χ2v) is 6.97. The van der Waals surface area contributed by atoms with Crippen molar-refractivity contribution in [2.24, 2.45) is 10.9 Å². The first-order chi connectivity index (χ1) is 13.2. The molecule has 1 atom stereocenters. The number of guanidine groups is 1. The standard InChI is InChI=1S/C22H28N4O.HI/c1-23-21(27)20-10-6-9-18(14-20)15-25-22(24-2)26-12-11-19(16-26)13-17-7-4-3-5-8-17;/h3-10,14,19H,11-13,15-16H2,1-2H3,(H,23,27)(H,24,25);1H. The summed E-state index contributed by atoms with van der Waals surface area (Å²) in [7, 11) is 3.47. The molecule has 1 unspecified atom stereocenters. The van der Waals surface area contributed by atoms with Gasteiger partial charge in [0.1, 0.15) is 0 Å². The Hall–Kier alpha value is -2.09. The number of carbonyl (C=O) groups is 1. The van der Waals surface area contributed by atoms with Gasteiger partial charge in [-0.2, -0.15) is 0 Å². The van der Waals surface area contributed by atoms with E-state index in [4.69, 9.17) is 0 Å². The van der Waals surface area contributed by atoms with Gasteiger partial charge in [0.25, 0.3) is 5.91 Å². The van der Waals surface area contributed by atoms with E-state index in [1.165, 1.54) is 12.0 Å². The average molecular weight is 492 g/mol. The Labute approximate surface area is 184 Å². The van der Waals surface area contributed by atoms with Gasteiger partial charge in [-0.05, 0) is 42.0 Å². The van der Waals surface area contributed by atoms with Crippen LogP contribution in [0, 0.1) is 5.92 Å². The number of aliphatic imine (C=N–C) groups is 1. The summed E-state index contributed by atoms with van der Waals surface area (Å²) in [5, 5.41) is 6.10. The van der Waals surface area contributed by atoms with E-state index >= 15 is 0 Å². The van der Waals surface area contributed by atoms with Crippen molar-refractivity contribution in [1.82, 2.24) is 15.5 Å². The first-order valence-electron chi connectivity index (χ1n) is 9.50. The molecule has 1 amide bonds. The lowest BCUT2D eigenvalue weighted by atomic mass is 9.99. The normalized spacial score (nSPS) is 16.4. The minimum absolute atomic E-state index is 0. The van der Waals surface area contributed by atoms with Gasteiger partial charge in [-0.3, -0.25) is 9.79 Å². The molecule has 2 aromatic rings. The fourth-order valence-corrected chi connectivity index (χ4v) is 3.62. The SMILES string of the molecule is CN=C(NCc1cccc(C(=O)NC)c1)N1CCC(Cc2ccccc2)C1.I. The molecule has 0 aliphatic carbocycles. The number of nitrogens with zero attached hydrogens (tertiary/aromatic N) is 2. The minimum Gasteiger partial charge on any atom is -0.355 e. The zero-order chi connectivity index (χ0) is 19.1. The summed E-state index contributed by atoms with van der Waals surface area (Å²) < 4.78 is 0. The molecule has 6 heteroatoms. The number of benzene rings is 2. The van der Waals surface area contributed by atoms with Crippen molar-refractivity contribution in [1.29, 1.82) is 0 Å². The number of nitrogens with one attached hydrogen (secondary N) is 2. The molecule has 0 spiro atoms. The maximum Gasteiger partial charge on any atom is 0.251 e. The molecule has 3 rings (SSSR count). The molecule has 1 aliphatic rings. The third-order valence-corrected chi connectivity index (χ3v) is 5.03. The van der Waals surface area contributed by atoms with Crippen LogP contribution in [0.1, 0.15) is 27.9 Å². The number of hydrogen-bond donors (Lipinski definition) is 2. The van der Waals surface area contributed by atoms with Crippen molar-refractivity contribution < 1.29 is 4.79 Å². The average Bonchev–Trinajstić information content (AvgIpc) is 3.17. The Kier molecular flexibility index (Phi) is 8.76. The molecule has 2 N–H and O–H groups in total. The Balaban J connectivity index is 0.00000280. The van der Waals surface area contributed by atoms with Crippen LogP contribution in [-0.2, 0) is 13.0 Å². The number of likely N-dealkylation sites (tertiary alicyclic amines) is 1. The van der Waals surface area contributed by atoms with E-state index in [1.807, 2.05) is 31.3 Å². The number of hydrogen-bond acceptors (Lipinski definition) is 2. The van der Waals surface area contributed by atoms with Crippen LogP contribution in [0.4, 0.5) is 0 Å². The largest absolute Gasteiger partial charge is 0.355 e. The van der Waals surface area contributed by atoms with Crippen LogP contribution in [0.2, 0.25) is 0 Å². The molecule has 0 aromatic heterocycles. The van der Waals surface area contributed by atoms with Crippen molar-refractivity contribution in [3.63, 3.8) is 0 Å². The van der Waals surface area contributed by atoms with E-state index in [-0.39, 0.29) is 29.9 Å². The fourth-order valence-electron chi connectivity index (χ4n) is 3.62. The van der Waals surface area contributed by atoms with E-state index < -0.39 is 0 Å². The molecule has 2 aromatic carbocycles. The van der Waals surface area contributed by atoms with Gasteiger partial charge < -0.3 is 15.5 Å². The predicted molar refractivity (Wildman–Crippen MR) is 125 cm³/mol. The van der Waals surface area contributed by atoms with E-state index in [0.717, 1.165) is 31.0 Å². The van der Waals surface area contributed by atoms with Gasteiger partial charge in [0.2, 0.25) is 0 Å². The maximum atomic E-state index is 11.8. The number of rotatable bonds is 5. The molecule has 0 saturated carbocycles. The van der Waals surface area contributed by atoms with Gasteiger partial charge in [-0.25, -0.2) is 0 Å². The lowest BCUT2D eigenvalue weighted by Crippen LogP contribution is -2.39. The first kappa shape index (κ1) is 22.2. The second kappa shape index (κ2) is 11.0. The van der Waals surface area contributed by atoms with Crippen LogP contribution in [0.25, 0.3) is 0 Å². The van der Waals surface area contributed by atoms with Gasteiger partial charge in [0.05, 0.1) is 0 Å². The third-order valence-electron chi connectivity index (χ3n) is 5.03. The Morgan fingerprint density at radius 2 is 1.89 bits per heavy atom. The summed E-state index contributed by atoms with van der Waals surface area (Å²) in [4.78, 5) is 18.6. The number of halogens is 1. The Morgan fingerprint density at radius 3 is 2.61 bits per heavy atom. The molecule has 0 bridgehead atoms.